The maximum atomic E-state index is 12.8. The highest BCUT2D eigenvalue weighted by molar-refractivity contribution is 5.71. The standard InChI is InChI=1S/C71H114O6/c1-4-7-10-13-16-18-20-22-24-26-28-29-30-31-32-33-34-35-36-37-38-39-40-41-43-44-46-48-50-52-55-58-61-64-70(73)76-67-68(66-75-69(72)63-60-57-54-15-12-9-6-3)77-71(74)65-62-59-56-53-51-49-47-45-42-27-25-23-21-19-17-14-11-8-5-2/h7,10,16-19,22-25,28-29,31-32,34-35,37-38,40-41,44,46,50,52,68H,4-6,8-9,11-15,20-21,26-27,30,33,36,39,42-43,45,47-49,51,53-67H2,1-3H3/b10-7-,18-16-,19-17-,24-22-,25-23-,29-28-,32-31-,35-34-,38-37-,41-40-,46-44-,52-50-. The molecule has 0 fully saturated rings. The molecule has 0 heterocycles. The first kappa shape index (κ1) is 72.3. The summed E-state index contributed by atoms with van der Waals surface area (Å²) in [7, 11) is 0. The Bertz CT molecular complexity index is 1700. The summed E-state index contributed by atoms with van der Waals surface area (Å²) in [4.78, 5) is 38.0. The summed E-state index contributed by atoms with van der Waals surface area (Å²) < 4.78 is 16.8. The molecule has 1 atom stereocenters. The molecule has 77 heavy (non-hydrogen) atoms. The number of rotatable bonds is 55. The molecule has 0 rings (SSSR count). The molecule has 0 aliphatic rings. The van der Waals surface area contributed by atoms with Gasteiger partial charge in [0, 0.05) is 19.3 Å². The number of esters is 3. The monoisotopic (exact) mass is 1060 g/mol. The predicted octanol–water partition coefficient (Wildman–Crippen LogP) is 21.5. The number of hydrogen-bond donors (Lipinski definition) is 0. The van der Waals surface area contributed by atoms with Crippen molar-refractivity contribution in [2.45, 2.75) is 271 Å². The Morgan fingerprint density at radius 2 is 0.506 bits per heavy atom. The summed E-state index contributed by atoms with van der Waals surface area (Å²) in [6.07, 6.45) is 91.6. The number of allylic oxidation sites excluding steroid dienone is 24. The average molecular weight is 1060 g/mol. The van der Waals surface area contributed by atoms with Gasteiger partial charge in [-0.15, -0.1) is 0 Å². The van der Waals surface area contributed by atoms with Gasteiger partial charge in [0.1, 0.15) is 13.2 Å². The SMILES string of the molecule is CC/C=C\C/C=C\C/C=C\C/C=C\C/C=C\C/C=C\C/C=C\C/C=C\C/C=C\C/C=C\CCCCC(=O)OCC(COC(=O)CCCCCCCCC)OC(=O)CCCCCCCCCCC/C=C\C/C=C\CCCCC. The van der Waals surface area contributed by atoms with E-state index in [0.29, 0.717) is 25.7 Å². The molecule has 0 spiro atoms. The Balaban J connectivity index is 4.27. The van der Waals surface area contributed by atoms with Crippen molar-refractivity contribution < 1.29 is 28.6 Å². The molecule has 0 saturated heterocycles. The molecular weight excluding hydrogens is 949 g/mol. The lowest BCUT2D eigenvalue weighted by molar-refractivity contribution is -0.167. The summed E-state index contributed by atoms with van der Waals surface area (Å²) in [6.45, 7) is 6.41. The van der Waals surface area contributed by atoms with E-state index in [1.165, 1.54) is 96.3 Å². The summed E-state index contributed by atoms with van der Waals surface area (Å²) >= 11 is 0. The Hall–Kier alpha value is -4.71. The van der Waals surface area contributed by atoms with E-state index in [9.17, 15) is 14.4 Å². The fraction of sp³-hybridized carbons (Fsp3) is 0.620. The lowest BCUT2D eigenvalue weighted by Gasteiger charge is -2.18. The van der Waals surface area contributed by atoms with E-state index < -0.39 is 6.10 Å². The van der Waals surface area contributed by atoms with Crippen LogP contribution in [0.1, 0.15) is 265 Å². The highest BCUT2D eigenvalue weighted by Gasteiger charge is 2.19. The molecule has 6 nitrogen and oxygen atoms in total. The molecule has 6 heteroatoms. The second-order valence-electron chi connectivity index (χ2n) is 20.2. The minimum atomic E-state index is -0.801. The average Bonchev–Trinajstić information content (AvgIpc) is 3.43. The van der Waals surface area contributed by atoms with Crippen molar-refractivity contribution in [3.05, 3.63) is 146 Å². The van der Waals surface area contributed by atoms with Crippen molar-refractivity contribution in [1.82, 2.24) is 0 Å². The highest BCUT2D eigenvalue weighted by atomic mass is 16.6. The van der Waals surface area contributed by atoms with Crippen LogP contribution in [-0.4, -0.2) is 37.2 Å². The van der Waals surface area contributed by atoms with Crippen LogP contribution in [0.4, 0.5) is 0 Å². The maximum Gasteiger partial charge on any atom is 0.306 e. The molecule has 0 aromatic heterocycles. The maximum absolute atomic E-state index is 12.8. The number of hydrogen-bond acceptors (Lipinski definition) is 6. The molecule has 0 bridgehead atoms. The molecule has 0 aliphatic heterocycles. The van der Waals surface area contributed by atoms with Crippen molar-refractivity contribution in [2.24, 2.45) is 0 Å². The Labute approximate surface area is 474 Å². The topological polar surface area (TPSA) is 78.9 Å². The summed E-state index contributed by atoms with van der Waals surface area (Å²) in [6, 6.07) is 0. The van der Waals surface area contributed by atoms with Crippen LogP contribution >= 0.6 is 0 Å². The fourth-order valence-electron chi connectivity index (χ4n) is 8.15. The third kappa shape index (κ3) is 62.0. The van der Waals surface area contributed by atoms with Crippen LogP contribution in [0.25, 0.3) is 0 Å². The molecule has 1 unspecified atom stereocenters. The number of ether oxygens (including phenoxy) is 3. The first-order chi connectivity index (χ1) is 38.0. The zero-order chi connectivity index (χ0) is 55.7. The second-order valence-corrected chi connectivity index (χ2v) is 20.2. The lowest BCUT2D eigenvalue weighted by atomic mass is 10.1. The van der Waals surface area contributed by atoms with Crippen LogP contribution in [0.2, 0.25) is 0 Å². The largest absolute Gasteiger partial charge is 0.462 e. The minimum absolute atomic E-state index is 0.0969. The number of unbranched alkanes of at least 4 members (excludes halogenated alkanes) is 20. The van der Waals surface area contributed by atoms with Crippen molar-refractivity contribution >= 4 is 17.9 Å². The Kier molecular flexibility index (Phi) is 59.9. The van der Waals surface area contributed by atoms with E-state index in [4.69, 9.17) is 14.2 Å². The highest BCUT2D eigenvalue weighted by Crippen LogP contribution is 2.14. The second kappa shape index (κ2) is 63.8. The van der Waals surface area contributed by atoms with Crippen LogP contribution in [-0.2, 0) is 28.6 Å². The number of carbonyl (C=O) groups excluding carboxylic acids is 3. The van der Waals surface area contributed by atoms with E-state index >= 15 is 0 Å². The van der Waals surface area contributed by atoms with Gasteiger partial charge in [-0.3, -0.25) is 14.4 Å². The summed E-state index contributed by atoms with van der Waals surface area (Å²) in [5.74, 6) is -0.957. The molecule has 0 saturated carbocycles. The van der Waals surface area contributed by atoms with Crippen molar-refractivity contribution in [3.8, 4) is 0 Å². The zero-order valence-electron chi connectivity index (χ0n) is 49.7. The Morgan fingerprint density at radius 3 is 0.844 bits per heavy atom. The smallest absolute Gasteiger partial charge is 0.306 e. The number of carbonyl (C=O) groups is 3. The van der Waals surface area contributed by atoms with Crippen LogP contribution in [0, 0.1) is 0 Å². The zero-order valence-corrected chi connectivity index (χ0v) is 49.7. The van der Waals surface area contributed by atoms with Gasteiger partial charge in [0.25, 0.3) is 0 Å². The molecule has 434 valence electrons. The van der Waals surface area contributed by atoms with Gasteiger partial charge < -0.3 is 14.2 Å². The quantitative estimate of drug-likeness (QED) is 0.0261. The van der Waals surface area contributed by atoms with Crippen LogP contribution in [0.15, 0.2) is 146 Å². The van der Waals surface area contributed by atoms with Gasteiger partial charge in [0.15, 0.2) is 6.10 Å². The third-order valence-corrected chi connectivity index (χ3v) is 12.8. The van der Waals surface area contributed by atoms with Crippen LogP contribution in [0.5, 0.6) is 0 Å². The normalized spacial score (nSPS) is 13.1. The third-order valence-electron chi connectivity index (χ3n) is 12.8. The summed E-state index contributed by atoms with van der Waals surface area (Å²) in [5, 5.41) is 0. The van der Waals surface area contributed by atoms with E-state index in [1.54, 1.807) is 0 Å². The molecule has 0 radical (unpaired) electrons. The van der Waals surface area contributed by atoms with E-state index in [0.717, 1.165) is 122 Å². The molecular formula is C71H114O6. The first-order valence-electron chi connectivity index (χ1n) is 31.3. The van der Waals surface area contributed by atoms with Gasteiger partial charge in [-0.1, -0.05) is 263 Å². The van der Waals surface area contributed by atoms with E-state index in [1.807, 2.05) is 0 Å². The van der Waals surface area contributed by atoms with Gasteiger partial charge >= 0.3 is 17.9 Å². The molecule has 0 aliphatic carbocycles. The van der Waals surface area contributed by atoms with Gasteiger partial charge in [0.05, 0.1) is 0 Å². The van der Waals surface area contributed by atoms with Gasteiger partial charge in [-0.2, -0.15) is 0 Å². The molecule has 0 amide bonds. The van der Waals surface area contributed by atoms with Crippen molar-refractivity contribution in [3.63, 3.8) is 0 Å². The Morgan fingerprint density at radius 1 is 0.273 bits per heavy atom. The minimum Gasteiger partial charge on any atom is -0.462 e. The van der Waals surface area contributed by atoms with E-state index in [2.05, 4.69) is 167 Å². The molecule has 0 aromatic carbocycles. The van der Waals surface area contributed by atoms with Gasteiger partial charge in [0.2, 0.25) is 0 Å². The first-order valence-corrected chi connectivity index (χ1v) is 31.3. The van der Waals surface area contributed by atoms with Crippen LogP contribution < -0.4 is 0 Å². The van der Waals surface area contributed by atoms with Gasteiger partial charge in [-0.05, 0) is 128 Å². The fourth-order valence-corrected chi connectivity index (χ4v) is 8.15. The van der Waals surface area contributed by atoms with Crippen molar-refractivity contribution in [1.29, 1.82) is 0 Å². The predicted molar refractivity (Wildman–Crippen MR) is 334 cm³/mol. The van der Waals surface area contributed by atoms with Crippen LogP contribution in [0.3, 0.4) is 0 Å². The molecule has 0 N–H and O–H groups in total. The molecule has 0 aromatic rings. The lowest BCUT2D eigenvalue weighted by Crippen LogP contribution is -2.30. The van der Waals surface area contributed by atoms with E-state index in [-0.39, 0.29) is 31.1 Å². The van der Waals surface area contributed by atoms with Gasteiger partial charge in [-0.25, -0.2) is 0 Å². The summed E-state index contributed by atoms with van der Waals surface area (Å²) in [5.41, 5.74) is 0. The van der Waals surface area contributed by atoms with Crippen molar-refractivity contribution in [2.75, 3.05) is 13.2 Å².